The minimum atomic E-state index is -0.151. The summed E-state index contributed by atoms with van der Waals surface area (Å²) >= 11 is 5.79. The summed E-state index contributed by atoms with van der Waals surface area (Å²) in [6.07, 6.45) is 2.38. The van der Waals surface area contributed by atoms with Crippen LogP contribution in [0.5, 0.6) is 6.01 Å². The van der Waals surface area contributed by atoms with Gasteiger partial charge in [0.15, 0.2) is 0 Å². The highest BCUT2D eigenvalue weighted by Gasteiger charge is 2.26. The van der Waals surface area contributed by atoms with E-state index < -0.39 is 0 Å². The second-order valence-electron chi connectivity index (χ2n) is 4.43. The number of hydrogen-bond acceptors (Lipinski definition) is 6. The van der Waals surface area contributed by atoms with Crippen molar-refractivity contribution >= 4 is 17.5 Å². The fourth-order valence-corrected chi connectivity index (χ4v) is 1.92. The minimum absolute atomic E-state index is 0.118. The van der Waals surface area contributed by atoms with Gasteiger partial charge in [0.1, 0.15) is 0 Å². The summed E-state index contributed by atoms with van der Waals surface area (Å²) in [6.45, 7) is 3.28. The maximum atomic E-state index is 9.19. The molecular formula is C11H17ClN4O2. The zero-order valence-electron chi connectivity index (χ0n) is 10.3. The highest BCUT2D eigenvalue weighted by atomic mass is 35.5. The van der Waals surface area contributed by atoms with Gasteiger partial charge in [0.2, 0.25) is 11.2 Å². The number of aromatic nitrogens is 3. The van der Waals surface area contributed by atoms with Gasteiger partial charge in [-0.2, -0.15) is 15.0 Å². The molecule has 0 radical (unpaired) electrons. The Morgan fingerprint density at radius 2 is 2.17 bits per heavy atom. The summed E-state index contributed by atoms with van der Waals surface area (Å²) in [5, 5.41) is 12.4. The van der Waals surface area contributed by atoms with Crippen LogP contribution in [0.25, 0.3) is 0 Å². The fraction of sp³-hybridized carbons (Fsp3) is 0.727. The van der Waals surface area contributed by atoms with Gasteiger partial charge in [-0.15, -0.1) is 0 Å². The maximum absolute atomic E-state index is 9.19. The average molecular weight is 273 g/mol. The van der Waals surface area contributed by atoms with Gasteiger partial charge in [-0.05, 0) is 36.8 Å². The molecule has 100 valence electrons. The third-order valence-corrected chi connectivity index (χ3v) is 2.95. The van der Waals surface area contributed by atoms with Crippen LogP contribution in [0.4, 0.5) is 5.95 Å². The molecule has 0 aliphatic heterocycles. The van der Waals surface area contributed by atoms with E-state index in [0.29, 0.717) is 18.5 Å². The van der Waals surface area contributed by atoms with Gasteiger partial charge in [-0.25, -0.2) is 0 Å². The number of aliphatic hydroxyl groups excluding tert-OH is 1. The average Bonchev–Trinajstić information content (AvgIpc) is 2.30. The van der Waals surface area contributed by atoms with Crippen molar-refractivity contribution in [3.8, 4) is 6.01 Å². The molecule has 1 aromatic heterocycles. The lowest BCUT2D eigenvalue weighted by Crippen LogP contribution is -2.33. The van der Waals surface area contributed by atoms with Crippen LogP contribution in [0, 0.1) is 5.92 Å². The predicted molar refractivity (Wildman–Crippen MR) is 67.8 cm³/mol. The zero-order chi connectivity index (χ0) is 13.0. The SMILES string of the molecule is CCCOc1nc(Cl)nc(NCC2CC(O)C2)n1. The molecule has 1 heterocycles. The summed E-state index contributed by atoms with van der Waals surface area (Å²) < 4.78 is 5.31. The van der Waals surface area contributed by atoms with Crippen LogP contribution in [0.2, 0.25) is 5.28 Å². The van der Waals surface area contributed by atoms with E-state index >= 15 is 0 Å². The molecule has 0 saturated heterocycles. The smallest absolute Gasteiger partial charge is 0.322 e. The van der Waals surface area contributed by atoms with Crippen molar-refractivity contribution in [2.75, 3.05) is 18.5 Å². The number of rotatable bonds is 6. The number of hydrogen-bond donors (Lipinski definition) is 2. The van der Waals surface area contributed by atoms with Crippen LogP contribution < -0.4 is 10.1 Å². The number of halogens is 1. The molecule has 7 heteroatoms. The number of nitrogens with zero attached hydrogens (tertiary/aromatic N) is 3. The Hall–Kier alpha value is -1.14. The van der Waals surface area contributed by atoms with Gasteiger partial charge in [-0.3, -0.25) is 0 Å². The van der Waals surface area contributed by atoms with Crippen molar-refractivity contribution in [2.24, 2.45) is 5.92 Å². The second-order valence-corrected chi connectivity index (χ2v) is 4.77. The van der Waals surface area contributed by atoms with E-state index in [1.807, 2.05) is 6.92 Å². The van der Waals surface area contributed by atoms with Crippen molar-refractivity contribution in [3.63, 3.8) is 0 Å². The van der Waals surface area contributed by atoms with Crippen LogP contribution in [-0.2, 0) is 0 Å². The first-order valence-corrected chi connectivity index (χ1v) is 6.51. The Morgan fingerprint density at radius 3 is 2.83 bits per heavy atom. The number of aliphatic hydroxyl groups is 1. The Labute approximate surface area is 111 Å². The molecule has 0 aromatic carbocycles. The summed E-state index contributed by atoms with van der Waals surface area (Å²) in [6, 6.07) is 0.244. The topological polar surface area (TPSA) is 80.2 Å². The normalized spacial score (nSPS) is 22.4. The lowest BCUT2D eigenvalue weighted by molar-refractivity contribution is 0.0486. The quantitative estimate of drug-likeness (QED) is 0.817. The molecule has 0 atom stereocenters. The molecule has 18 heavy (non-hydrogen) atoms. The van der Waals surface area contributed by atoms with Crippen LogP contribution in [0.3, 0.4) is 0 Å². The van der Waals surface area contributed by atoms with Crippen LogP contribution in [-0.4, -0.2) is 39.3 Å². The summed E-state index contributed by atoms with van der Waals surface area (Å²) in [7, 11) is 0. The highest BCUT2D eigenvalue weighted by Crippen LogP contribution is 2.27. The van der Waals surface area contributed by atoms with Crippen LogP contribution >= 0.6 is 11.6 Å². The minimum Gasteiger partial charge on any atom is -0.463 e. The Morgan fingerprint density at radius 1 is 1.39 bits per heavy atom. The van der Waals surface area contributed by atoms with E-state index in [2.05, 4.69) is 20.3 Å². The molecule has 2 rings (SSSR count). The molecule has 6 nitrogen and oxygen atoms in total. The third-order valence-electron chi connectivity index (χ3n) is 2.78. The van der Waals surface area contributed by atoms with E-state index in [1.165, 1.54) is 0 Å². The molecular weight excluding hydrogens is 256 g/mol. The number of ether oxygens (including phenoxy) is 1. The number of anilines is 1. The van der Waals surface area contributed by atoms with Gasteiger partial charge in [0.05, 0.1) is 12.7 Å². The summed E-state index contributed by atoms with van der Waals surface area (Å²) in [5.74, 6) is 0.887. The fourth-order valence-electron chi connectivity index (χ4n) is 1.77. The highest BCUT2D eigenvalue weighted by molar-refractivity contribution is 6.28. The zero-order valence-corrected chi connectivity index (χ0v) is 11.0. The first-order valence-electron chi connectivity index (χ1n) is 6.13. The van der Waals surface area contributed by atoms with Gasteiger partial charge in [0, 0.05) is 6.54 Å². The largest absolute Gasteiger partial charge is 0.463 e. The Bertz CT molecular complexity index is 399. The van der Waals surface area contributed by atoms with Crippen molar-refractivity contribution in [1.29, 1.82) is 0 Å². The van der Waals surface area contributed by atoms with Gasteiger partial charge >= 0.3 is 6.01 Å². The molecule has 0 amide bonds. The van der Waals surface area contributed by atoms with Crippen LogP contribution in [0.15, 0.2) is 0 Å². The second kappa shape index (κ2) is 6.15. The van der Waals surface area contributed by atoms with Crippen LogP contribution in [0.1, 0.15) is 26.2 Å². The van der Waals surface area contributed by atoms with Crippen molar-refractivity contribution in [3.05, 3.63) is 5.28 Å². The lowest BCUT2D eigenvalue weighted by Gasteiger charge is -2.31. The van der Waals surface area contributed by atoms with E-state index in [4.69, 9.17) is 16.3 Å². The maximum Gasteiger partial charge on any atom is 0.322 e. The first-order chi connectivity index (χ1) is 8.67. The van der Waals surface area contributed by atoms with Crippen molar-refractivity contribution < 1.29 is 9.84 Å². The monoisotopic (exact) mass is 272 g/mol. The standard InChI is InChI=1S/C11H17ClN4O2/c1-2-3-18-11-15-9(12)14-10(16-11)13-6-7-4-8(17)5-7/h7-8,17H,2-6H2,1H3,(H,13,14,15,16). The molecule has 1 aliphatic rings. The number of nitrogens with one attached hydrogen (secondary N) is 1. The molecule has 1 saturated carbocycles. The predicted octanol–water partition coefficient (Wildman–Crippen LogP) is 1.50. The molecule has 1 aromatic rings. The Balaban J connectivity index is 1.88. The third kappa shape index (κ3) is 3.68. The molecule has 1 aliphatic carbocycles. The van der Waals surface area contributed by atoms with E-state index in [1.54, 1.807) is 0 Å². The van der Waals surface area contributed by atoms with E-state index in [0.717, 1.165) is 25.8 Å². The summed E-state index contributed by atoms with van der Waals surface area (Å²) in [5.41, 5.74) is 0. The molecule has 1 fully saturated rings. The van der Waals surface area contributed by atoms with Gasteiger partial charge in [-0.1, -0.05) is 6.92 Å². The lowest BCUT2D eigenvalue weighted by atomic mass is 9.82. The molecule has 0 spiro atoms. The van der Waals surface area contributed by atoms with E-state index in [9.17, 15) is 5.11 Å². The summed E-state index contributed by atoms with van der Waals surface area (Å²) in [4.78, 5) is 12.0. The van der Waals surface area contributed by atoms with Gasteiger partial charge in [0.25, 0.3) is 0 Å². The first kappa shape index (κ1) is 13.3. The van der Waals surface area contributed by atoms with E-state index in [-0.39, 0.29) is 17.4 Å². The van der Waals surface area contributed by atoms with Crippen molar-refractivity contribution in [1.82, 2.24) is 15.0 Å². The van der Waals surface area contributed by atoms with Gasteiger partial charge < -0.3 is 15.2 Å². The van der Waals surface area contributed by atoms with Crippen molar-refractivity contribution in [2.45, 2.75) is 32.3 Å². The molecule has 0 unspecified atom stereocenters. The molecule has 0 bridgehead atoms. The Kier molecular flexibility index (Phi) is 4.54. The molecule has 2 N–H and O–H groups in total.